The third-order valence-electron chi connectivity index (χ3n) is 5.25. The number of carbonyl (C=O) groups is 1. The van der Waals surface area contributed by atoms with E-state index in [1.54, 1.807) is 0 Å². The molecule has 4 nitrogen and oxygen atoms in total. The van der Waals surface area contributed by atoms with Gasteiger partial charge in [0.2, 0.25) is 0 Å². The van der Waals surface area contributed by atoms with Crippen molar-refractivity contribution in [1.29, 1.82) is 0 Å². The zero-order chi connectivity index (χ0) is 17.2. The second-order valence-electron chi connectivity index (χ2n) is 6.79. The Labute approximate surface area is 153 Å². The Morgan fingerprint density at radius 2 is 1.64 bits per heavy atom. The first-order valence-electron chi connectivity index (χ1n) is 8.94. The fraction of sp³-hybridized carbons (Fsp3) is 0.350. The van der Waals surface area contributed by atoms with Crippen LogP contribution in [0, 0.1) is 0 Å². The average Bonchev–Trinajstić information content (AvgIpc) is 3.07. The molecule has 0 radical (unpaired) electrons. The Hall–Kier alpha value is -2.04. The summed E-state index contributed by atoms with van der Waals surface area (Å²) in [6.45, 7) is 5.19. The highest BCUT2D eigenvalue weighted by Gasteiger charge is 2.29. The predicted molar refractivity (Wildman–Crippen MR) is 102 cm³/mol. The zero-order valence-corrected chi connectivity index (χ0v) is 15.0. The van der Waals surface area contributed by atoms with Crippen LogP contribution in [0.15, 0.2) is 48.5 Å². The summed E-state index contributed by atoms with van der Waals surface area (Å²) in [5.74, 6) is 0.242. The van der Waals surface area contributed by atoms with Crippen LogP contribution in [0.3, 0.4) is 0 Å². The first kappa shape index (κ1) is 16.4. The first-order chi connectivity index (χ1) is 12.2. The molecule has 2 aliphatic heterocycles. The summed E-state index contributed by atoms with van der Waals surface area (Å²) in [5.41, 5.74) is 3.49. The lowest BCUT2D eigenvalue weighted by Crippen LogP contribution is -3.16. The zero-order valence-electron chi connectivity index (χ0n) is 14.2. The highest BCUT2D eigenvalue weighted by molar-refractivity contribution is 6.33. The molecule has 0 unspecified atom stereocenters. The third kappa shape index (κ3) is 3.37. The van der Waals surface area contributed by atoms with Crippen molar-refractivity contribution in [2.45, 2.75) is 6.42 Å². The molecule has 1 amide bonds. The van der Waals surface area contributed by atoms with E-state index in [4.69, 9.17) is 11.6 Å². The molecular formula is C20H23ClN3O+. The van der Waals surface area contributed by atoms with E-state index in [0.717, 1.165) is 55.5 Å². The summed E-state index contributed by atoms with van der Waals surface area (Å²) in [6.07, 6.45) is 0.970. The minimum Gasteiger partial charge on any atom is -0.359 e. The molecule has 0 saturated carbocycles. The number of hydrogen-bond donors (Lipinski definition) is 1. The minimum absolute atomic E-state index is 0.242. The highest BCUT2D eigenvalue weighted by atomic mass is 35.5. The van der Waals surface area contributed by atoms with E-state index in [1.165, 1.54) is 10.5 Å². The van der Waals surface area contributed by atoms with Gasteiger partial charge in [-0.15, -0.1) is 0 Å². The predicted octanol–water partition coefficient (Wildman–Crippen LogP) is 1.63. The van der Waals surface area contributed by atoms with Gasteiger partial charge < -0.3 is 14.7 Å². The van der Waals surface area contributed by atoms with Crippen molar-refractivity contribution in [3.05, 3.63) is 59.1 Å². The molecule has 0 aromatic heterocycles. The van der Waals surface area contributed by atoms with Gasteiger partial charge in [0.05, 0.1) is 36.9 Å². The van der Waals surface area contributed by atoms with Gasteiger partial charge >= 0.3 is 0 Å². The number of amides is 1. The Bertz CT molecular complexity index is 771. The number of quaternary nitrogens is 1. The maximum atomic E-state index is 12.8. The molecule has 1 saturated heterocycles. The molecule has 0 aliphatic carbocycles. The van der Waals surface area contributed by atoms with Crippen LogP contribution in [-0.4, -0.2) is 45.2 Å². The van der Waals surface area contributed by atoms with E-state index in [9.17, 15) is 4.79 Å². The number of halogens is 1. The van der Waals surface area contributed by atoms with Gasteiger partial charge in [-0.1, -0.05) is 41.9 Å². The molecule has 0 atom stereocenters. The van der Waals surface area contributed by atoms with Crippen molar-refractivity contribution < 1.29 is 9.69 Å². The lowest BCUT2D eigenvalue weighted by molar-refractivity contribution is -0.892. The van der Waals surface area contributed by atoms with Crippen LogP contribution in [0.5, 0.6) is 0 Å². The topological polar surface area (TPSA) is 28.0 Å². The molecule has 2 aromatic rings. The quantitative estimate of drug-likeness (QED) is 0.905. The van der Waals surface area contributed by atoms with Crippen LogP contribution < -0.4 is 14.7 Å². The number of fused-ring (bicyclic) bond motifs is 1. The normalized spacial score (nSPS) is 17.6. The van der Waals surface area contributed by atoms with Crippen molar-refractivity contribution in [1.82, 2.24) is 0 Å². The summed E-state index contributed by atoms with van der Waals surface area (Å²) in [5, 5.41) is 0.802. The van der Waals surface area contributed by atoms with E-state index >= 15 is 0 Å². The van der Waals surface area contributed by atoms with Gasteiger partial charge in [0.1, 0.15) is 0 Å². The van der Waals surface area contributed by atoms with Crippen molar-refractivity contribution >= 4 is 28.9 Å². The number of hydrogen-bond acceptors (Lipinski definition) is 2. The Kier molecular flexibility index (Phi) is 4.64. The third-order valence-corrected chi connectivity index (χ3v) is 5.57. The maximum Gasteiger partial charge on any atom is 0.282 e. The number of benzene rings is 2. The maximum absolute atomic E-state index is 12.8. The molecule has 4 rings (SSSR count). The second kappa shape index (κ2) is 7.06. The fourth-order valence-electron chi connectivity index (χ4n) is 3.86. The summed E-state index contributed by atoms with van der Waals surface area (Å²) in [4.78, 5) is 18.4. The molecule has 0 bridgehead atoms. The molecule has 2 aromatic carbocycles. The largest absolute Gasteiger partial charge is 0.359 e. The molecule has 2 heterocycles. The summed E-state index contributed by atoms with van der Waals surface area (Å²) in [7, 11) is 0. The van der Waals surface area contributed by atoms with Gasteiger partial charge in [0.15, 0.2) is 6.54 Å². The SMILES string of the molecule is O=C(C[NH+]1CCN(c2ccccc2Cl)CC1)N1CCc2ccccc21. The van der Waals surface area contributed by atoms with Gasteiger partial charge in [-0.25, -0.2) is 0 Å². The molecule has 130 valence electrons. The van der Waals surface area contributed by atoms with Gasteiger partial charge in [0, 0.05) is 12.2 Å². The highest BCUT2D eigenvalue weighted by Crippen LogP contribution is 2.27. The van der Waals surface area contributed by atoms with Gasteiger partial charge in [0.25, 0.3) is 5.91 Å². The van der Waals surface area contributed by atoms with E-state index in [1.807, 2.05) is 35.2 Å². The number of rotatable bonds is 3. The second-order valence-corrected chi connectivity index (χ2v) is 7.20. The Morgan fingerprint density at radius 3 is 2.40 bits per heavy atom. The lowest BCUT2D eigenvalue weighted by atomic mass is 10.2. The monoisotopic (exact) mass is 356 g/mol. The van der Waals surface area contributed by atoms with Gasteiger partial charge in [-0.05, 0) is 30.2 Å². The van der Waals surface area contributed by atoms with Gasteiger partial charge in [-0.2, -0.15) is 0 Å². The molecule has 25 heavy (non-hydrogen) atoms. The van der Waals surface area contributed by atoms with Crippen molar-refractivity contribution in [3.63, 3.8) is 0 Å². The number of piperazine rings is 1. The Balaban J connectivity index is 1.35. The van der Waals surface area contributed by atoms with E-state index in [2.05, 4.69) is 23.1 Å². The lowest BCUT2D eigenvalue weighted by Gasteiger charge is -2.34. The molecule has 5 heteroatoms. The summed E-state index contributed by atoms with van der Waals surface area (Å²) < 4.78 is 0. The number of nitrogens with one attached hydrogen (secondary N) is 1. The van der Waals surface area contributed by atoms with Crippen molar-refractivity contribution in [2.75, 3.05) is 49.1 Å². The Morgan fingerprint density at radius 1 is 0.960 bits per heavy atom. The molecule has 1 N–H and O–H groups in total. The molecule has 2 aliphatic rings. The standard InChI is InChI=1S/C20H22ClN3O/c21-17-6-2-4-8-19(17)23-13-11-22(12-14-23)15-20(25)24-10-9-16-5-1-3-7-18(16)24/h1-8H,9-15H2/p+1. The van der Waals surface area contributed by atoms with Gasteiger partial charge in [-0.3, -0.25) is 4.79 Å². The van der Waals surface area contributed by atoms with Crippen molar-refractivity contribution in [3.8, 4) is 0 Å². The number of anilines is 2. The van der Waals surface area contributed by atoms with E-state index in [0.29, 0.717) is 6.54 Å². The van der Waals surface area contributed by atoms with Crippen LogP contribution in [0.2, 0.25) is 5.02 Å². The average molecular weight is 357 g/mol. The first-order valence-corrected chi connectivity index (χ1v) is 9.31. The van der Waals surface area contributed by atoms with Crippen LogP contribution in [0.1, 0.15) is 5.56 Å². The smallest absolute Gasteiger partial charge is 0.282 e. The summed E-state index contributed by atoms with van der Waals surface area (Å²) >= 11 is 6.30. The van der Waals surface area contributed by atoms with Crippen molar-refractivity contribution in [2.24, 2.45) is 0 Å². The number of para-hydroxylation sites is 2. The minimum atomic E-state index is 0.242. The van der Waals surface area contributed by atoms with Crippen LogP contribution >= 0.6 is 11.6 Å². The van der Waals surface area contributed by atoms with Crippen LogP contribution in [0.25, 0.3) is 0 Å². The van der Waals surface area contributed by atoms with E-state index < -0.39 is 0 Å². The van der Waals surface area contributed by atoms with E-state index in [-0.39, 0.29) is 5.91 Å². The number of carbonyl (C=O) groups excluding carboxylic acids is 1. The molecule has 1 fully saturated rings. The van der Waals surface area contributed by atoms with Crippen LogP contribution in [0.4, 0.5) is 11.4 Å². The van der Waals surface area contributed by atoms with Crippen LogP contribution in [-0.2, 0) is 11.2 Å². The molecular weight excluding hydrogens is 334 g/mol. The fourth-order valence-corrected chi connectivity index (χ4v) is 4.11. The summed E-state index contributed by atoms with van der Waals surface area (Å²) in [6, 6.07) is 16.2. The number of nitrogens with zero attached hydrogens (tertiary/aromatic N) is 2. The molecule has 0 spiro atoms.